The van der Waals surface area contributed by atoms with E-state index in [0.29, 0.717) is 12.8 Å². The zero-order valence-electron chi connectivity index (χ0n) is 15.2. The molecule has 2 aromatic carbocycles. The summed E-state index contributed by atoms with van der Waals surface area (Å²) in [5, 5.41) is 10.1. The number of ether oxygens (including phenoxy) is 1. The van der Waals surface area contributed by atoms with Gasteiger partial charge in [0.1, 0.15) is 5.75 Å². The molecule has 6 heteroatoms. The zero-order chi connectivity index (χ0) is 19.2. The molecule has 0 saturated heterocycles. The van der Waals surface area contributed by atoms with E-state index in [1.54, 1.807) is 7.11 Å². The molecule has 0 aliphatic heterocycles. The molecule has 0 radical (unpaired) electrons. The lowest BCUT2D eigenvalue weighted by Gasteiger charge is -2.12. The number of aryl methyl sites for hydroxylation is 2. The molecule has 0 aliphatic rings. The van der Waals surface area contributed by atoms with E-state index in [1.807, 2.05) is 54.6 Å². The minimum absolute atomic E-state index is 0.268. The van der Waals surface area contributed by atoms with Crippen molar-refractivity contribution in [2.24, 2.45) is 0 Å². The molecule has 0 unspecified atom stereocenters. The molecule has 3 aromatic rings. The van der Waals surface area contributed by atoms with E-state index in [2.05, 4.69) is 0 Å². The van der Waals surface area contributed by atoms with Gasteiger partial charge in [0.15, 0.2) is 0 Å². The van der Waals surface area contributed by atoms with Crippen LogP contribution < -0.4 is 16.0 Å². The third-order valence-electron chi connectivity index (χ3n) is 4.51. The van der Waals surface area contributed by atoms with Crippen LogP contribution in [0.3, 0.4) is 0 Å². The number of nitrogens with zero attached hydrogens (tertiary/aromatic N) is 2. The van der Waals surface area contributed by atoms with Gasteiger partial charge in [-0.25, -0.2) is 4.79 Å². The number of aromatic nitrogens is 2. The highest BCUT2D eigenvalue weighted by Gasteiger charge is 2.11. The number of benzene rings is 2. The van der Waals surface area contributed by atoms with Crippen molar-refractivity contribution in [3.05, 3.63) is 92.6 Å². The predicted molar refractivity (Wildman–Crippen MR) is 103 cm³/mol. The first-order valence-corrected chi connectivity index (χ1v) is 8.79. The molecule has 0 amide bonds. The maximum Gasteiger partial charge on any atom is 0.333 e. The number of hydrogen-bond acceptors (Lipinski definition) is 4. The van der Waals surface area contributed by atoms with Crippen molar-refractivity contribution in [1.82, 2.24) is 9.13 Å². The molecule has 1 heterocycles. The van der Waals surface area contributed by atoms with Crippen LogP contribution in [-0.4, -0.2) is 21.4 Å². The Balaban J connectivity index is 1.78. The Kier molecular flexibility index (Phi) is 5.76. The number of hydrogen-bond donors (Lipinski definition) is 1. The van der Waals surface area contributed by atoms with Crippen LogP contribution in [-0.2, 0) is 25.9 Å². The summed E-state index contributed by atoms with van der Waals surface area (Å²) in [6.45, 7) is 0.549. The SMILES string of the molecule is COc1ccc(CCn2c(O)cc(=O)n(CCc3ccccc3)c2=O)cc1. The highest BCUT2D eigenvalue weighted by Crippen LogP contribution is 2.13. The Bertz CT molecular complexity index is 1010. The minimum Gasteiger partial charge on any atom is -0.497 e. The van der Waals surface area contributed by atoms with Crippen LogP contribution in [0.2, 0.25) is 0 Å². The molecule has 27 heavy (non-hydrogen) atoms. The van der Waals surface area contributed by atoms with Gasteiger partial charge in [0.2, 0.25) is 5.88 Å². The zero-order valence-corrected chi connectivity index (χ0v) is 15.2. The minimum atomic E-state index is -0.496. The smallest absolute Gasteiger partial charge is 0.333 e. The first kappa shape index (κ1) is 18.5. The van der Waals surface area contributed by atoms with Gasteiger partial charge >= 0.3 is 5.69 Å². The summed E-state index contributed by atoms with van der Waals surface area (Å²) < 4.78 is 7.53. The second kappa shape index (κ2) is 8.40. The summed E-state index contributed by atoms with van der Waals surface area (Å²) >= 11 is 0. The highest BCUT2D eigenvalue weighted by atomic mass is 16.5. The van der Waals surface area contributed by atoms with Crippen LogP contribution in [0.1, 0.15) is 11.1 Å². The van der Waals surface area contributed by atoms with Crippen molar-refractivity contribution >= 4 is 0 Å². The van der Waals surface area contributed by atoms with Crippen LogP contribution >= 0.6 is 0 Å². The molecule has 0 bridgehead atoms. The Morgan fingerprint density at radius 3 is 2.07 bits per heavy atom. The standard InChI is InChI=1S/C21H22N2O4/c1-27-18-9-7-17(8-10-18)12-14-23-20(25)15-19(24)22(21(23)26)13-11-16-5-3-2-4-6-16/h2-10,15,25H,11-14H2,1H3. The fourth-order valence-electron chi connectivity index (χ4n) is 2.94. The van der Waals surface area contributed by atoms with Crippen LogP contribution in [0.15, 0.2) is 70.3 Å². The van der Waals surface area contributed by atoms with Crippen molar-refractivity contribution in [3.63, 3.8) is 0 Å². The lowest BCUT2D eigenvalue weighted by Crippen LogP contribution is -2.40. The van der Waals surface area contributed by atoms with Crippen molar-refractivity contribution in [1.29, 1.82) is 0 Å². The normalized spacial score (nSPS) is 10.7. The van der Waals surface area contributed by atoms with Crippen molar-refractivity contribution < 1.29 is 9.84 Å². The van der Waals surface area contributed by atoms with E-state index in [9.17, 15) is 14.7 Å². The van der Waals surface area contributed by atoms with Gasteiger partial charge in [0, 0.05) is 13.1 Å². The summed E-state index contributed by atoms with van der Waals surface area (Å²) in [6.07, 6.45) is 1.12. The van der Waals surface area contributed by atoms with Gasteiger partial charge in [0.25, 0.3) is 5.56 Å². The van der Waals surface area contributed by atoms with Crippen molar-refractivity contribution in [3.8, 4) is 11.6 Å². The van der Waals surface area contributed by atoms with Crippen LogP contribution in [0.25, 0.3) is 0 Å². The van der Waals surface area contributed by atoms with E-state index in [-0.39, 0.29) is 19.0 Å². The summed E-state index contributed by atoms with van der Waals surface area (Å²) in [4.78, 5) is 24.9. The summed E-state index contributed by atoms with van der Waals surface area (Å²) in [6, 6.07) is 18.3. The Morgan fingerprint density at radius 1 is 0.852 bits per heavy atom. The molecule has 0 fully saturated rings. The largest absolute Gasteiger partial charge is 0.497 e. The molecule has 0 spiro atoms. The lowest BCUT2D eigenvalue weighted by atomic mass is 10.1. The predicted octanol–water partition coefficient (Wildman–Crippen LogP) is 2.21. The summed E-state index contributed by atoms with van der Waals surface area (Å²) in [5.74, 6) is 0.447. The first-order valence-electron chi connectivity index (χ1n) is 8.79. The summed E-state index contributed by atoms with van der Waals surface area (Å²) in [5.41, 5.74) is 1.06. The average Bonchev–Trinajstić information content (AvgIpc) is 2.68. The molecule has 0 aliphatic carbocycles. The van der Waals surface area contributed by atoms with E-state index in [0.717, 1.165) is 22.9 Å². The van der Waals surface area contributed by atoms with Gasteiger partial charge in [-0.15, -0.1) is 0 Å². The second-order valence-corrected chi connectivity index (χ2v) is 6.26. The van der Waals surface area contributed by atoms with Gasteiger partial charge in [0.05, 0.1) is 13.2 Å². The molecule has 0 saturated carbocycles. The third kappa shape index (κ3) is 4.47. The Morgan fingerprint density at radius 2 is 1.44 bits per heavy atom. The quantitative estimate of drug-likeness (QED) is 0.696. The van der Waals surface area contributed by atoms with Crippen LogP contribution in [0.5, 0.6) is 11.6 Å². The van der Waals surface area contributed by atoms with Gasteiger partial charge in [-0.3, -0.25) is 13.9 Å². The fourth-order valence-corrected chi connectivity index (χ4v) is 2.94. The molecule has 1 N–H and O–H groups in total. The van der Waals surface area contributed by atoms with E-state index >= 15 is 0 Å². The van der Waals surface area contributed by atoms with Gasteiger partial charge < -0.3 is 9.84 Å². The maximum atomic E-state index is 12.7. The molecule has 140 valence electrons. The van der Waals surface area contributed by atoms with Crippen LogP contribution in [0, 0.1) is 0 Å². The maximum absolute atomic E-state index is 12.7. The topological polar surface area (TPSA) is 73.5 Å². The Labute approximate surface area is 156 Å². The number of aromatic hydroxyl groups is 1. The highest BCUT2D eigenvalue weighted by molar-refractivity contribution is 5.27. The van der Waals surface area contributed by atoms with E-state index in [4.69, 9.17) is 4.74 Å². The fraction of sp³-hybridized carbons (Fsp3) is 0.238. The number of methoxy groups -OCH3 is 1. The van der Waals surface area contributed by atoms with Gasteiger partial charge in [-0.2, -0.15) is 0 Å². The second-order valence-electron chi connectivity index (χ2n) is 6.26. The van der Waals surface area contributed by atoms with Gasteiger partial charge in [-0.1, -0.05) is 42.5 Å². The Hall–Kier alpha value is -3.28. The van der Waals surface area contributed by atoms with E-state index in [1.165, 1.54) is 9.13 Å². The monoisotopic (exact) mass is 366 g/mol. The van der Waals surface area contributed by atoms with Crippen LogP contribution in [0.4, 0.5) is 0 Å². The van der Waals surface area contributed by atoms with E-state index < -0.39 is 11.2 Å². The lowest BCUT2D eigenvalue weighted by molar-refractivity contribution is 0.388. The van der Waals surface area contributed by atoms with Crippen molar-refractivity contribution in [2.75, 3.05) is 7.11 Å². The van der Waals surface area contributed by atoms with Gasteiger partial charge in [-0.05, 0) is 36.1 Å². The molecule has 6 nitrogen and oxygen atoms in total. The molecule has 0 atom stereocenters. The number of rotatable bonds is 7. The van der Waals surface area contributed by atoms with Crippen molar-refractivity contribution in [2.45, 2.75) is 25.9 Å². The summed E-state index contributed by atoms with van der Waals surface area (Å²) in [7, 11) is 1.60. The molecular weight excluding hydrogens is 344 g/mol. The molecule has 1 aromatic heterocycles. The molecule has 3 rings (SSSR count). The molecular formula is C21H22N2O4. The third-order valence-corrected chi connectivity index (χ3v) is 4.51. The average molecular weight is 366 g/mol. The first-order chi connectivity index (χ1) is 13.1.